The maximum Gasteiger partial charge on any atom is 0.303 e. The Morgan fingerprint density at radius 3 is 3.17 bits per heavy atom. The van der Waals surface area contributed by atoms with Gasteiger partial charge in [0.1, 0.15) is 17.6 Å². The number of aliphatic carboxylic acids is 1. The first-order valence-electron chi connectivity index (χ1n) is 6.03. The Morgan fingerprint density at radius 1 is 1.61 bits per heavy atom. The molecule has 18 heavy (non-hydrogen) atoms. The van der Waals surface area contributed by atoms with Crippen LogP contribution in [-0.4, -0.2) is 29.1 Å². The van der Waals surface area contributed by atoms with E-state index in [-0.39, 0.29) is 6.42 Å². The number of nitrogens with zero attached hydrogens (tertiary/aromatic N) is 3. The van der Waals surface area contributed by atoms with Gasteiger partial charge in [-0.15, -0.1) is 0 Å². The molecule has 0 saturated carbocycles. The van der Waals surface area contributed by atoms with Gasteiger partial charge in [0.2, 0.25) is 0 Å². The number of carboxylic acids is 1. The number of nitriles is 1. The fraction of sp³-hybridized carbons (Fsp3) is 0.462. The number of anilines is 1. The summed E-state index contributed by atoms with van der Waals surface area (Å²) in [6, 6.07) is 7.42. The minimum atomic E-state index is -0.738. The SMILES string of the molecule is N#Cc1cccc(N2CCC(CCC(=O)O)C2)n1. The Morgan fingerprint density at radius 2 is 2.44 bits per heavy atom. The van der Waals surface area contributed by atoms with Gasteiger partial charge in [0.15, 0.2) is 0 Å². The highest BCUT2D eigenvalue weighted by Gasteiger charge is 2.23. The van der Waals surface area contributed by atoms with Gasteiger partial charge in [-0.1, -0.05) is 6.07 Å². The predicted octanol–water partition coefficient (Wildman–Crippen LogP) is 1.64. The van der Waals surface area contributed by atoms with Crippen molar-refractivity contribution >= 4 is 11.8 Å². The summed E-state index contributed by atoms with van der Waals surface area (Å²) in [6.45, 7) is 1.71. The van der Waals surface area contributed by atoms with Crippen LogP contribution in [0.25, 0.3) is 0 Å². The first-order valence-corrected chi connectivity index (χ1v) is 6.03. The number of hydrogen-bond donors (Lipinski definition) is 1. The van der Waals surface area contributed by atoms with Crippen LogP contribution in [0.2, 0.25) is 0 Å². The summed E-state index contributed by atoms with van der Waals surface area (Å²) in [6.07, 6.45) is 1.93. The Bertz CT molecular complexity index is 481. The maximum atomic E-state index is 10.5. The fourth-order valence-corrected chi connectivity index (χ4v) is 2.27. The molecule has 1 fully saturated rings. The van der Waals surface area contributed by atoms with Crippen molar-refractivity contribution in [2.24, 2.45) is 5.92 Å². The molecule has 0 aromatic carbocycles. The molecule has 1 atom stereocenters. The van der Waals surface area contributed by atoms with Crippen LogP contribution in [0.15, 0.2) is 18.2 Å². The number of rotatable bonds is 4. The molecule has 1 aliphatic rings. The summed E-state index contributed by atoms with van der Waals surface area (Å²) in [5, 5.41) is 17.5. The molecule has 1 aromatic heterocycles. The van der Waals surface area contributed by atoms with E-state index in [1.165, 1.54) is 0 Å². The normalized spacial score (nSPS) is 18.6. The lowest BCUT2D eigenvalue weighted by Gasteiger charge is -2.17. The molecular weight excluding hydrogens is 230 g/mol. The minimum Gasteiger partial charge on any atom is -0.481 e. The molecule has 0 radical (unpaired) electrons. The van der Waals surface area contributed by atoms with Crippen molar-refractivity contribution < 1.29 is 9.90 Å². The Balaban J connectivity index is 1.95. The standard InChI is InChI=1S/C13H15N3O2/c14-8-11-2-1-3-12(15-11)16-7-6-10(9-16)4-5-13(17)18/h1-3,10H,4-7,9H2,(H,17,18). The van der Waals surface area contributed by atoms with E-state index in [4.69, 9.17) is 10.4 Å². The van der Waals surface area contributed by atoms with Gasteiger partial charge >= 0.3 is 5.97 Å². The Hall–Kier alpha value is -2.09. The van der Waals surface area contributed by atoms with Gasteiger partial charge in [-0.2, -0.15) is 5.26 Å². The highest BCUT2D eigenvalue weighted by molar-refractivity contribution is 5.66. The quantitative estimate of drug-likeness (QED) is 0.872. The third-order valence-corrected chi connectivity index (χ3v) is 3.23. The summed E-state index contributed by atoms with van der Waals surface area (Å²) >= 11 is 0. The first kappa shape index (κ1) is 12.4. The van der Waals surface area contributed by atoms with Crippen molar-refractivity contribution in [1.29, 1.82) is 5.26 Å². The summed E-state index contributed by atoms with van der Waals surface area (Å²) in [5.74, 6) is 0.485. The molecule has 94 valence electrons. The van der Waals surface area contributed by atoms with Crippen molar-refractivity contribution in [3.63, 3.8) is 0 Å². The molecule has 5 nitrogen and oxygen atoms in total. The first-order chi connectivity index (χ1) is 8.69. The van der Waals surface area contributed by atoms with Gasteiger partial charge in [-0.05, 0) is 30.9 Å². The van der Waals surface area contributed by atoms with Crippen molar-refractivity contribution in [2.45, 2.75) is 19.3 Å². The molecule has 1 saturated heterocycles. The molecule has 0 spiro atoms. The van der Waals surface area contributed by atoms with Crippen LogP contribution in [-0.2, 0) is 4.79 Å². The summed E-state index contributed by atoms with van der Waals surface area (Å²) in [5.41, 5.74) is 0.418. The van der Waals surface area contributed by atoms with Crippen LogP contribution in [0.3, 0.4) is 0 Å². The third kappa shape index (κ3) is 2.98. The lowest BCUT2D eigenvalue weighted by molar-refractivity contribution is -0.137. The van der Waals surface area contributed by atoms with Gasteiger partial charge in [-0.25, -0.2) is 4.98 Å². The van der Waals surface area contributed by atoms with Gasteiger partial charge in [-0.3, -0.25) is 4.79 Å². The lowest BCUT2D eigenvalue weighted by atomic mass is 10.0. The van der Waals surface area contributed by atoms with Crippen LogP contribution in [0.1, 0.15) is 25.0 Å². The molecule has 0 aliphatic carbocycles. The second kappa shape index (κ2) is 5.50. The second-order valence-corrected chi connectivity index (χ2v) is 4.53. The molecule has 1 aliphatic heterocycles. The highest BCUT2D eigenvalue weighted by Crippen LogP contribution is 2.25. The molecule has 1 N–H and O–H groups in total. The molecule has 1 unspecified atom stereocenters. The van der Waals surface area contributed by atoms with Crippen molar-refractivity contribution in [1.82, 2.24) is 4.98 Å². The number of pyridine rings is 1. The van der Waals surface area contributed by atoms with Crippen LogP contribution in [0.4, 0.5) is 5.82 Å². The molecule has 2 rings (SSSR count). The monoisotopic (exact) mass is 245 g/mol. The van der Waals surface area contributed by atoms with Gasteiger partial charge < -0.3 is 10.0 Å². The summed E-state index contributed by atoms with van der Waals surface area (Å²) in [7, 11) is 0. The van der Waals surface area contributed by atoms with Gasteiger partial charge in [0.05, 0.1) is 0 Å². The van der Waals surface area contributed by atoms with Crippen LogP contribution < -0.4 is 4.90 Å². The van der Waals surface area contributed by atoms with Crippen LogP contribution >= 0.6 is 0 Å². The largest absolute Gasteiger partial charge is 0.481 e. The van der Waals surface area contributed by atoms with Crippen LogP contribution in [0.5, 0.6) is 0 Å². The molecular formula is C13H15N3O2. The average Bonchev–Trinajstić information content (AvgIpc) is 2.85. The van der Waals surface area contributed by atoms with E-state index in [1.54, 1.807) is 6.07 Å². The summed E-state index contributed by atoms with van der Waals surface area (Å²) < 4.78 is 0. The van der Waals surface area contributed by atoms with E-state index in [0.29, 0.717) is 18.0 Å². The number of aromatic nitrogens is 1. The number of carboxylic acid groups (broad SMARTS) is 1. The number of carbonyl (C=O) groups is 1. The van der Waals surface area contributed by atoms with Crippen molar-refractivity contribution in [2.75, 3.05) is 18.0 Å². The van der Waals surface area contributed by atoms with Gasteiger partial charge in [0, 0.05) is 19.5 Å². The third-order valence-electron chi connectivity index (χ3n) is 3.23. The molecule has 1 aromatic rings. The zero-order valence-corrected chi connectivity index (χ0v) is 10.0. The average molecular weight is 245 g/mol. The highest BCUT2D eigenvalue weighted by atomic mass is 16.4. The smallest absolute Gasteiger partial charge is 0.303 e. The van der Waals surface area contributed by atoms with E-state index < -0.39 is 5.97 Å². The van der Waals surface area contributed by atoms with Crippen molar-refractivity contribution in [3.8, 4) is 6.07 Å². The zero-order valence-electron chi connectivity index (χ0n) is 10.0. The topological polar surface area (TPSA) is 77.2 Å². The second-order valence-electron chi connectivity index (χ2n) is 4.53. The Labute approximate surface area is 106 Å². The maximum absolute atomic E-state index is 10.5. The van der Waals surface area contributed by atoms with E-state index in [0.717, 1.165) is 25.3 Å². The van der Waals surface area contributed by atoms with E-state index in [2.05, 4.69) is 9.88 Å². The fourth-order valence-electron chi connectivity index (χ4n) is 2.27. The molecule has 2 heterocycles. The summed E-state index contributed by atoms with van der Waals surface area (Å²) in [4.78, 5) is 16.9. The molecule has 0 bridgehead atoms. The molecule has 5 heteroatoms. The van der Waals surface area contributed by atoms with Crippen molar-refractivity contribution in [3.05, 3.63) is 23.9 Å². The van der Waals surface area contributed by atoms with E-state index >= 15 is 0 Å². The predicted molar refractivity (Wildman–Crippen MR) is 66.1 cm³/mol. The molecule has 0 amide bonds. The van der Waals surface area contributed by atoms with E-state index in [1.807, 2.05) is 18.2 Å². The number of hydrogen-bond acceptors (Lipinski definition) is 4. The zero-order chi connectivity index (χ0) is 13.0. The lowest BCUT2D eigenvalue weighted by Crippen LogP contribution is -2.21. The minimum absolute atomic E-state index is 0.226. The van der Waals surface area contributed by atoms with Crippen LogP contribution in [0, 0.1) is 17.2 Å². The van der Waals surface area contributed by atoms with E-state index in [9.17, 15) is 4.79 Å². The Kier molecular flexibility index (Phi) is 3.78. The van der Waals surface area contributed by atoms with Gasteiger partial charge in [0.25, 0.3) is 0 Å².